The van der Waals surface area contributed by atoms with Crippen molar-refractivity contribution in [3.05, 3.63) is 66.5 Å². The van der Waals surface area contributed by atoms with Crippen LogP contribution in [-0.2, 0) is 0 Å². The highest BCUT2D eigenvalue weighted by atomic mass is 15.1. The molecular formula is C21H23N5. The Morgan fingerprint density at radius 3 is 2.19 bits per heavy atom. The Hall–Kier alpha value is -3.08. The van der Waals surface area contributed by atoms with Gasteiger partial charge >= 0.3 is 0 Å². The minimum Gasteiger partial charge on any atom is -0.372 e. The van der Waals surface area contributed by atoms with Crippen LogP contribution in [0.1, 0.15) is 18.4 Å². The number of benzene rings is 2. The SMILES string of the molecule is Cc1cccc(Nc2cc(Nc3ccc(N4CCCC4)cc3)ncn2)c1. The van der Waals surface area contributed by atoms with E-state index in [-0.39, 0.29) is 0 Å². The second kappa shape index (κ2) is 7.44. The predicted octanol–water partition coefficient (Wildman–Crippen LogP) is 4.87. The van der Waals surface area contributed by atoms with Crippen LogP contribution in [0.4, 0.5) is 28.7 Å². The topological polar surface area (TPSA) is 53.1 Å². The van der Waals surface area contributed by atoms with E-state index in [1.165, 1.54) is 24.1 Å². The summed E-state index contributed by atoms with van der Waals surface area (Å²) < 4.78 is 0. The Morgan fingerprint density at radius 2 is 1.50 bits per heavy atom. The molecule has 1 aliphatic heterocycles. The lowest BCUT2D eigenvalue weighted by molar-refractivity contribution is 0.949. The van der Waals surface area contributed by atoms with Crippen molar-refractivity contribution in [2.24, 2.45) is 0 Å². The average Bonchev–Trinajstić information content (AvgIpc) is 3.17. The number of aryl methyl sites for hydroxylation is 1. The number of nitrogens with zero attached hydrogens (tertiary/aromatic N) is 3. The van der Waals surface area contributed by atoms with Crippen LogP contribution in [0.5, 0.6) is 0 Å². The molecule has 1 fully saturated rings. The molecule has 0 unspecified atom stereocenters. The van der Waals surface area contributed by atoms with E-state index in [1.807, 2.05) is 18.2 Å². The maximum atomic E-state index is 4.32. The van der Waals surface area contributed by atoms with Crippen LogP contribution >= 0.6 is 0 Å². The summed E-state index contributed by atoms with van der Waals surface area (Å²) in [6.45, 7) is 4.39. The van der Waals surface area contributed by atoms with Crippen LogP contribution in [0.15, 0.2) is 60.9 Å². The minimum atomic E-state index is 0.766. The van der Waals surface area contributed by atoms with Crippen molar-refractivity contribution in [3.8, 4) is 0 Å². The van der Waals surface area contributed by atoms with Gasteiger partial charge in [0.2, 0.25) is 0 Å². The molecule has 0 atom stereocenters. The summed E-state index contributed by atoms with van der Waals surface area (Å²) in [7, 11) is 0. The highest BCUT2D eigenvalue weighted by Gasteiger charge is 2.11. The third-order valence-corrected chi connectivity index (χ3v) is 4.57. The lowest BCUT2D eigenvalue weighted by Crippen LogP contribution is -2.17. The second-order valence-electron chi connectivity index (χ2n) is 6.65. The zero-order valence-corrected chi connectivity index (χ0v) is 14.9. The van der Waals surface area contributed by atoms with Crippen molar-refractivity contribution in [1.29, 1.82) is 0 Å². The van der Waals surface area contributed by atoms with Crippen molar-refractivity contribution >= 4 is 28.7 Å². The van der Waals surface area contributed by atoms with Crippen LogP contribution in [0, 0.1) is 6.92 Å². The number of hydrogen-bond acceptors (Lipinski definition) is 5. The predicted molar refractivity (Wildman–Crippen MR) is 108 cm³/mol. The lowest BCUT2D eigenvalue weighted by Gasteiger charge is -2.18. The number of aromatic nitrogens is 2. The number of anilines is 5. The maximum Gasteiger partial charge on any atom is 0.135 e. The summed E-state index contributed by atoms with van der Waals surface area (Å²) in [5.41, 5.74) is 4.54. The van der Waals surface area contributed by atoms with Crippen molar-refractivity contribution in [2.75, 3.05) is 28.6 Å². The molecule has 4 rings (SSSR count). The van der Waals surface area contributed by atoms with E-state index < -0.39 is 0 Å². The van der Waals surface area contributed by atoms with Gasteiger partial charge in [-0.3, -0.25) is 0 Å². The summed E-state index contributed by atoms with van der Waals surface area (Å²) in [4.78, 5) is 11.1. The summed E-state index contributed by atoms with van der Waals surface area (Å²) >= 11 is 0. The smallest absolute Gasteiger partial charge is 0.135 e. The summed E-state index contributed by atoms with van der Waals surface area (Å²) in [5.74, 6) is 1.53. The molecule has 3 aromatic rings. The molecule has 2 aromatic carbocycles. The Kier molecular flexibility index (Phi) is 4.69. The molecular weight excluding hydrogens is 322 g/mol. The van der Waals surface area contributed by atoms with E-state index in [0.717, 1.165) is 36.1 Å². The Bertz CT molecular complexity index is 870. The Morgan fingerprint density at radius 1 is 0.808 bits per heavy atom. The molecule has 132 valence electrons. The van der Waals surface area contributed by atoms with Crippen molar-refractivity contribution in [2.45, 2.75) is 19.8 Å². The van der Waals surface area contributed by atoms with Gasteiger partial charge in [-0.25, -0.2) is 9.97 Å². The molecule has 2 heterocycles. The van der Waals surface area contributed by atoms with Gasteiger partial charge in [-0.15, -0.1) is 0 Å². The van der Waals surface area contributed by atoms with Gasteiger partial charge in [0, 0.05) is 36.2 Å². The first kappa shape index (κ1) is 16.4. The number of rotatable bonds is 5. The van der Waals surface area contributed by atoms with E-state index in [2.05, 4.69) is 68.8 Å². The highest BCUT2D eigenvalue weighted by Crippen LogP contribution is 2.24. The van der Waals surface area contributed by atoms with Gasteiger partial charge in [-0.05, 0) is 61.7 Å². The number of nitrogens with one attached hydrogen (secondary N) is 2. The van der Waals surface area contributed by atoms with Gasteiger partial charge in [0.25, 0.3) is 0 Å². The molecule has 0 aliphatic carbocycles. The monoisotopic (exact) mass is 345 g/mol. The third kappa shape index (κ3) is 3.94. The first-order valence-electron chi connectivity index (χ1n) is 9.04. The molecule has 2 N–H and O–H groups in total. The summed E-state index contributed by atoms with van der Waals surface area (Å²) in [6, 6.07) is 18.7. The van der Waals surface area contributed by atoms with Gasteiger partial charge in [-0.2, -0.15) is 0 Å². The fourth-order valence-corrected chi connectivity index (χ4v) is 3.24. The minimum absolute atomic E-state index is 0.766. The standard InChI is InChI=1S/C21H23N5/c1-16-5-4-6-18(13-16)25-21-14-20(22-15-23-21)24-17-7-9-19(10-8-17)26-11-2-3-12-26/h4-10,13-15H,2-3,11-12H2,1H3,(H2,22,23,24,25). The van der Waals surface area contributed by atoms with Crippen molar-refractivity contribution in [3.63, 3.8) is 0 Å². The fourth-order valence-electron chi connectivity index (χ4n) is 3.24. The van der Waals surface area contributed by atoms with E-state index in [9.17, 15) is 0 Å². The molecule has 5 heteroatoms. The molecule has 0 bridgehead atoms. The van der Waals surface area contributed by atoms with E-state index in [4.69, 9.17) is 0 Å². The van der Waals surface area contributed by atoms with Gasteiger partial charge < -0.3 is 15.5 Å². The Balaban J connectivity index is 1.45. The van der Waals surface area contributed by atoms with Gasteiger partial charge in [0.15, 0.2) is 0 Å². The highest BCUT2D eigenvalue weighted by molar-refractivity contribution is 5.64. The average molecular weight is 345 g/mol. The van der Waals surface area contributed by atoms with Crippen LogP contribution in [0.2, 0.25) is 0 Å². The van der Waals surface area contributed by atoms with Crippen LogP contribution < -0.4 is 15.5 Å². The largest absolute Gasteiger partial charge is 0.372 e. The molecule has 26 heavy (non-hydrogen) atoms. The Labute approximate surface area is 154 Å². The first-order chi connectivity index (χ1) is 12.8. The molecule has 0 spiro atoms. The van der Waals surface area contributed by atoms with E-state index >= 15 is 0 Å². The normalized spacial score (nSPS) is 13.7. The molecule has 0 radical (unpaired) electrons. The summed E-state index contributed by atoms with van der Waals surface area (Å²) in [5, 5.41) is 6.67. The molecule has 0 saturated carbocycles. The zero-order valence-electron chi connectivity index (χ0n) is 14.9. The lowest BCUT2D eigenvalue weighted by atomic mass is 10.2. The van der Waals surface area contributed by atoms with Crippen LogP contribution in [-0.4, -0.2) is 23.1 Å². The molecule has 1 aliphatic rings. The van der Waals surface area contributed by atoms with Gasteiger partial charge in [0.05, 0.1) is 0 Å². The van der Waals surface area contributed by atoms with E-state index in [0.29, 0.717) is 0 Å². The molecule has 5 nitrogen and oxygen atoms in total. The quantitative estimate of drug-likeness (QED) is 0.691. The summed E-state index contributed by atoms with van der Waals surface area (Å²) in [6.07, 6.45) is 4.15. The zero-order chi connectivity index (χ0) is 17.8. The third-order valence-electron chi connectivity index (χ3n) is 4.57. The molecule has 1 aromatic heterocycles. The molecule has 1 saturated heterocycles. The van der Waals surface area contributed by atoms with Gasteiger partial charge in [0.1, 0.15) is 18.0 Å². The molecule has 0 amide bonds. The van der Waals surface area contributed by atoms with E-state index in [1.54, 1.807) is 6.33 Å². The van der Waals surface area contributed by atoms with Crippen LogP contribution in [0.25, 0.3) is 0 Å². The fraction of sp³-hybridized carbons (Fsp3) is 0.238. The van der Waals surface area contributed by atoms with Crippen molar-refractivity contribution in [1.82, 2.24) is 9.97 Å². The first-order valence-corrected chi connectivity index (χ1v) is 9.04. The van der Waals surface area contributed by atoms with Crippen LogP contribution in [0.3, 0.4) is 0 Å². The second-order valence-corrected chi connectivity index (χ2v) is 6.65. The maximum absolute atomic E-state index is 4.32. The van der Waals surface area contributed by atoms with Crippen molar-refractivity contribution < 1.29 is 0 Å². The number of hydrogen-bond donors (Lipinski definition) is 2. The van der Waals surface area contributed by atoms with Gasteiger partial charge in [-0.1, -0.05) is 12.1 Å².